The lowest BCUT2D eigenvalue weighted by Crippen LogP contribution is -2.08. The van der Waals surface area contributed by atoms with Crippen LogP contribution in [0.5, 0.6) is 0 Å². The standard InChI is InChI=1S/C8H11N3/c1-3-7(2)8(9)11-6-4-5-10-11/h3-6H,1,9H2,2H3/b8-7+. The van der Waals surface area contributed by atoms with Gasteiger partial charge in [0.15, 0.2) is 0 Å². The van der Waals surface area contributed by atoms with Crippen LogP contribution in [0.25, 0.3) is 5.82 Å². The molecule has 0 bridgehead atoms. The van der Waals surface area contributed by atoms with E-state index in [9.17, 15) is 0 Å². The third kappa shape index (κ3) is 1.49. The van der Waals surface area contributed by atoms with Crippen molar-refractivity contribution in [2.75, 3.05) is 0 Å². The third-order valence-corrected chi connectivity index (χ3v) is 1.46. The highest BCUT2D eigenvalue weighted by atomic mass is 15.3. The maximum Gasteiger partial charge on any atom is 0.127 e. The minimum Gasteiger partial charge on any atom is -0.383 e. The fraction of sp³-hybridized carbons (Fsp3) is 0.125. The van der Waals surface area contributed by atoms with Crippen molar-refractivity contribution in [2.45, 2.75) is 6.92 Å². The molecule has 0 aliphatic rings. The van der Waals surface area contributed by atoms with E-state index in [-0.39, 0.29) is 0 Å². The van der Waals surface area contributed by atoms with E-state index in [0.29, 0.717) is 5.82 Å². The van der Waals surface area contributed by atoms with Crippen LogP contribution in [0.1, 0.15) is 6.92 Å². The second-order valence-corrected chi connectivity index (χ2v) is 2.22. The van der Waals surface area contributed by atoms with Gasteiger partial charge in [-0.1, -0.05) is 12.7 Å². The lowest BCUT2D eigenvalue weighted by Gasteiger charge is -2.02. The molecule has 0 aliphatic heterocycles. The van der Waals surface area contributed by atoms with Crippen molar-refractivity contribution < 1.29 is 0 Å². The largest absolute Gasteiger partial charge is 0.383 e. The molecular formula is C8H11N3. The van der Waals surface area contributed by atoms with E-state index in [1.165, 1.54) is 0 Å². The number of allylic oxidation sites excluding steroid dienone is 2. The molecule has 0 aromatic carbocycles. The van der Waals surface area contributed by atoms with E-state index < -0.39 is 0 Å². The lowest BCUT2D eigenvalue weighted by atomic mass is 10.3. The van der Waals surface area contributed by atoms with Crippen molar-refractivity contribution in [1.82, 2.24) is 9.78 Å². The Morgan fingerprint density at radius 1 is 1.73 bits per heavy atom. The van der Waals surface area contributed by atoms with Crippen molar-refractivity contribution in [3.63, 3.8) is 0 Å². The van der Waals surface area contributed by atoms with E-state index in [1.54, 1.807) is 23.2 Å². The molecule has 0 aliphatic carbocycles. The van der Waals surface area contributed by atoms with Gasteiger partial charge in [-0.15, -0.1) is 0 Å². The topological polar surface area (TPSA) is 43.8 Å². The molecular weight excluding hydrogens is 138 g/mol. The number of rotatable bonds is 2. The zero-order valence-electron chi connectivity index (χ0n) is 6.49. The minimum atomic E-state index is 0.616. The van der Waals surface area contributed by atoms with Gasteiger partial charge >= 0.3 is 0 Å². The fourth-order valence-corrected chi connectivity index (χ4v) is 0.697. The summed E-state index contributed by atoms with van der Waals surface area (Å²) in [5.74, 6) is 0.616. The normalized spacial score (nSPS) is 12.5. The first-order chi connectivity index (χ1) is 5.25. The van der Waals surface area contributed by atoms with Crippen LogP contribution in [0, 0.1) is 0 Å². The predicted octanol–water partition coefficient (Wildman–Crippen LogP) is 1.22. The van der Waals surface area contributed by atoms with Crippen LogP contribution in [0.4, 0.5) is 0 Å². The number of nitrogens with two attached hydrogens (primary N) is 1. The molecule has 1 aromatic rings. The highest BCUT2D eigenvalue weighted by molar-refractivity contribution is 5.48. The molecule has 1 heterocycles. The van der Waals surface area contributed by atoms with Crippen molar-refractivity contribution in [1.29, 1.82) is 0 Å². The molecule has 2 N–H and O–H groups in total. The summed E-state index contributed by atoms with van der Waals surface area (Å²) < 4.78 is 1.61. The Bertz CT molecular complexity index is 270. The molecule has 0 saturated heterocycles. The lowest BCUT2D eigenvalue weighted by molar-refractivity contribution is 0.880. The van der Waals surface area contributed by atoms with Crippen molar-refractivity contribution in [3.8, 4) is 0 Å². The highest BCUT2D eigenvalue weighted by Crippen LogP contribution is 2.02. The van der Waals surface area contributed by atoms with Gasteiger partial charge in [0.05, 0.1) is 0 Å². The number of nitrogens with zero attached hydrogens (tertiary/aromatic N) is 2. The van der Waals surface area contributed by atoms with E-state index in [0.717, 1.165) is 5.57 Å². The zero-order chi connectivity index (χ0) is 8.27. The van der Waals surface area contributed by atoms with Gasteiger partial charge < -0.3 is 5.73 Å². The molecule has 0 saturated carbocycles. The van der Waals surface area contributed by atoms with Gasteiger partial charge in [0, 0.05) is 12.4 Å². The minimum absolute atomic E-state index is 0.616. The zero-order valence-corrected chi connectivity index (χ0v) is 6.49. The molecule has 0 atom stereocenters. The molecule has 1 rings (SSSR count). The highest BCUT2D eigenvalue weighted by Gasteiger charge is 1.95. The molecule has 0 spiro atoms. The Morgan fingerprint density at radius 2 is 2.45 bits per heavy atom. The second kappa shape index (κ2) is 3.05. The first-order valence-electron chi connectivity index (χ1n) is 3.34. The van der Waals surface area contributed by atoms with Gasteiger partial charge in [-0.25, -0.2) is 4.68 Å². The van der Waals surface area contributed by atoms with Crippen LogP contribution in [-0.4, -0.2) is 9.78 Å². The maximum atomic E-state index is 5.70. The van der Waals surface area contributed by atoms with Crippen LogP contribution in [0.2, 0.25) is 0 Å². The van der Waals surface area contributed by atoms with Crippen LogP contribution < -0.4 is 5.73 Å². The molecule has 1 aromatic heterocycles. The summed E-state index contributed by atoms with van der Waals surface area (Å²) in [5.41, 5.74) is 6.63. The Balaban J connectivity index is 3.02. The summed E-state index contributed by atoms with van der Waals surface area (Å²) in [4.78, 5) is 0. The average Bonchev–Trinajstić information content (AvgIpc) is 2.53. The van der Waals surface area contributed by atoms with Crippen molar-refractivity contribution in [2.24, 2.45) is 5.73 Å². The SMILES string of the molecule is C=C/C(C)=C(\N)n1cccn1. The quantitative estimate of drug-likeness (QED) is 0.642. The molecule has 11 heavy (non-hydrogen) atoms. The summed E-state index contributed by atoms with van der Waals surface area (Å²) in [6.45, 7) is 5.51. The maximum absolute atomic E-state index is 5.70. The molecule has 3 nitrogen and oxygen atoms in total. The third-order valence-electron chi connectivity index (χ3n) is 1.46. The van der Waals surface area contributed by atoms with Crippen LogP contribution in [0.3, 0.4) is 0 Å². The smallest absolute Gasteiger partial charge is 0.127 e. The van der Waals surface area contributed by atoms with Gasteiger partial charge in [-0.05, 0) is 18.6 Å². The first kappa shape index (κ1) is 7.60. The Kier molecular flexibility index (Phi) is 2.11. The van der Waals surface area contributed by atoms with E-state index in [1.807, 2.05) is 13.0 Å². The molecule has 0 radical (unpaired) electrons. The summed E-state index contributed by atoms with van der Waals surface area (Å²) in [6, 6.07) is 1.82. The van der Waals surface area contributed by atoms with E-state index in [2.05, 4.69) is 11.7 Å². The number of aromatic nitrogens is 2. The van der Waals surface area contributed by atoms with Crippen LogP contribution >= 0.6 is 0 Å². The Hall–Kier alpha value is -1.51. The average molecular weight is 149 g/mol. The van der Waals surface area contributed by atoms with Gasteiger partial charge in [0.1, 0.15) is 5.82 Å². The monoisotopic (exact) mass is 149 g/mol. The fourth-order valence-electron chi connectivity index (χ4n) is 0.697. The molecule has 0 amide bonds. The summed E-state index contributed by atoms with van der Waals surface area (Å²) in [6.07, 6.45) is 5.18. The molecule has 58 valence electrons. The van der Waals surface area contributed by atoms with Crippen LogP contribution in [-0.2, 0) is 0 Å². The van der Waals surface area contributed by atoms with Crippen molar-refractivity contribution >= 4 is 5.82 Å². The van der Waals surface area contributed by atoms with Crippen LogP contribution in [0.15, 0.2) is 36.7 Å². The van der Waals surface area contributed by atoms with E-state index in [4.69, 9.17) is 5.73 Å². The van der Waals surface area contributed by atoms with Gasteiger partial charge in [-0.3, -0.25) is 0 Å². The van der Waals surface area contributed by atoms with Gasteiger partial charge in [0.25, 0.3) is 0 Å². The summed E-state index contributed by atoms with van der Waals surface area (Å²) in [5, 5.41) is 3.97. The van der Waals surface area contributed by atoms with Crippen molar-refractivity contribution in [3.05, 3.63) is 36.7 Å². The van der Waals surface area contributed by atoms with Gasteiger partial charge in [0.2, 0.25) is 0 Å². The molecule has 0 unspecified atom stereocenters. The number of hydrogen-bond donors (Lipinski definition) is 1. The Labute approximate surface area is 65.8 Å². The number of hydrogen-bond acceptors (Lipinski definition) is 2. The summed E-state index contributed by atoms with van der Waals surface area (Å²) >= 11 is 0. The molecule has 0 fully saturated rings. The second-order valence-electron chi connectivity index (χ2n) is 2.22. The van der Waals surface area contributed by atoms with E-state index >= 15 is 0 Å². The molecule has 3 heteroatoms. The van der Waals surface area contributed by atoms with Gasteiger partial charge in [-0.2, -0.15) is 5.10 Å². The first-order valence-corrected chi connectivity index (χ1v) is 3.34. The predicted molar refractivity (Wildman–Crippen MR) is 45.5 cm³/mol. The Morgan fingerprint density at radius 3 is 2.91 bits per heavy atom. The summed E-state index contributed by atoms with van der Waals surface area (Å²) in [7, 11) is 0.